The molecule has 1 atom stereocenters. The molecule has 0 spiro atoms. The van der Waals surface area contributed by atoms with Crippen molar-refractivity contribution in [3.05, 3.63) is 53.6 Å². The third-order valence-corrected chi connectivity index (χ3v) is 4.57. The van der Waals surface area contributed by atoms with Crippen molar-refractivity contribution in [1.29, 1.82) is 0 Å². The van der Waals surface area contributed by atoms with Crippen LogP contribution in [0.25, 0.3) is 0 Å². The van der Waals surface area contributed by atoms with Gasteiger partial charge in [0.2, 0.25) is 5.91 Å². The first kappa shape index (κ1) is 19.7. The number of nitrogens with zero attached hydrogens (tertiary/aromatic N) is 1. The number of hydrogen-bond donors (Lipinski definition) is 1. The molecule has 2 aromatic carbocycles. The molecular formula is C20H19ClN2O5. The second-order valence-corrected chi connectivity index (χ2v) is 6.70. The SMILES string of the molecule is COc1ccc(NC(=O)COC(=O)[C@H]2CC(=O)N(c3ccc(Cl)cc3)C2)cc1. The van der Waals surface area contributed by atoms with E-state index >= 15 is 0 Å². The van der Waals surface area contributed by atoms with Crippen molar-refractivity contribution in [1.82, 2.24) is 0 Å². The smallest absolute Gasteiger partial charge is 0.311 e. The Morgan fingerprint density at radius 3 is 2.46 bits per heavy atom. The quantitative estimate of drug-likeness (QED) is 0.751. The highest BCUT2D eigenvalue weighted by molar-refractivity contribution is 6.30. The highest BCUT2D eigenvalue weighted by Crippen LogP contribution is 2.27. The molecule has 8 heteroatoms. The molecule has 0 aromatic heterocycles. The Balaban J connectivity index is 1.49. The summed E-state index contributed by atoms with van der Waals surface area (Å²) < 4.78 is 10.1. The number of methoxy groups -OCH3 is 1. The van der Waals surface area contributed by atoms with E-state index in [4.69, 9.17) is 21.1 Å². The molecule has 1 heterocycles. The molecule has 1 fully saturated rings. The van der Waals surface area contributed by atoms with Gasteiger partial charge in [0.15, 0.2) is 6.61 Å². The van der Waals surface area contributed by atoms with Crippen LogP contribution in [0.15, 0.2) is 48.5 Å². The van der Waals surface area contributed by atoms with Crippen LogP contribution >= 0.6 is 11.6 Å². The van der Waals surface area contributed by atoms with E-state index in [1.54, 1.807) is 55.6 Å². The number of esters is 1. The number of hydrogen-bond acceptors (Lipinski definition) is 5. The molecule has 1 saturated heterocycles. The van der Waals surface area contributed by atoms with Gasteiger partial charge in [0.05, 0.1) is 13.0 Å². The summed E-state index contributed by atoms with van der Waals surface area (Å²) in [5.41, 5.74) is 1.23. The van der Waals surface area contributed by atoms with Crippen LogP contribution in [-0.2, 0) is 19.1 Å². The molecule has 1 aliphatic heterocycles. The first-order chi connectivity index (χ1) is 13.5. The van der Waals surface area contributed by atoms with Crippen LogP contribution in [0.2, 0.25) is 5.02 Å². The topological polar surface area (TPSA) is 84.9 Å². The Bertz CT molecular complexity index is 867. The van der Waals surface area contributed by atoms with E-state index in [9.17, 15) is 14.4 Å². The lowest BCUT2D eigenvalue weighted by molar-refractivity contribution is -0.151. The normalized spacial score (nSPS) is 16.0. The van der Waals surface area contributed by atoms with Crippen molar-refractivity contribution in [2.75, 3.05) is 30.5 Å². The lowest BCUT2D eigenvalue weighted by Crippen LogP contribution is -2.28. The number of amides is 2. The molecule has 3 rings (SSSR count). The Kier molecular flexibility index (Phi) is 6.16. The van der Waals surface area contributed by atoms with Gasteiger partial charge < -0.3 is 19.7 Å². The minimum absolute atomic E-state index is 0.0432. The van der Waals surface area contributed by atoms with Gasteiger partial charge in [-0.2, -0.15) is 0 Å². The molecule has 0 aliphatic carbocycles. The van der Waals surface area contributed by atoms with E-state index in [1.165, 1.54) is 4.90 Å². The fourth-order valence-electron chi connectivity index (χ4n) is 2.86. The zero-order chi connectivity index (χ0) is 20.1. The van der Waals surface area contributed by atoms with Gasteiger partial charge in [0.25, 0.3) is 5.91 Å². The van der Waals surface area contributed by atoms with Gasteiger partial charge in [-0.3, -0.25) is 14.4 Å². The highest BCUT2D eigenvalue weighted by atomic mass is 35.5. The summed E-state index contributed by atoms with van der Waals surface area (Å²) in [5, 5.41) is 3.19. The zero-order valence-electron chi connectivity index (χ0n) is 15.2. The zero-order valence-corrected chi connectivity index (χ0v) is 15.9. The van der Waals surface area contributed by atoms with E-state index in [2.05, 4.69) is 5.32 Å². The number of carbonyl (C=O) groups excluding carboxylic acids is 3. The number of halogens is 1. The van der Waals surface area contributed by atoms with E-state index in [-0.39, 0.29) is 18.9 Å². The molecule has 7 nitrogen and oxygen atoms in total. The van der Waals surface area contributed by atoms with E-state index in [0.29, 0.717) is 22.1 Å². The average molecular weight is 403 g/mol. The third kappa shape index (κ3) is 4.80. The van der Waals surface area contributed by atoms with Crippen LogP contribution in [0.3, 0.4) is 0 Å². The van der Waals surface area contributed by atoms with Gasteiger partial charge in [-0.05, 0) is 48.5 Å². The maximum Gasteiger partial charge on any atom is 0.311 e. The average Bonchev–Trinajstić information content (AvgIpc) is 3.09. The highest BCUT2D eigenvalue weighted by Gasteiger charge is 2.36. The number of carbonyl (C=O) groups is 3. The van der Waals surface area contributed by atoms with Crippen LogP contribution < -0.4 is 15.0 Å². The summed E-state index contributed by atoms with van der Waals surface area (Å²) in [7, 11) is 1.55. The monoisotopic (exact) mass is 402 g/mol. The number of nitrogens with one attached hydrogen (secondary N) is 1. The van der Waals surface area contributed by atoms with Crippen molar-refractivity contribution in [2.45, 2.75) is 6.42 Å². The second kappa shape index (κ2) is 8.75. The number of rotatable bonds is 6. The summed E-state index contributed by atoms with van der Waals surface area (Å²) in [5.74, 6) is -1.16. The fraction of sp³-hybridized carbons (Fsp3) is 0.250. The van der Waals surface area contributed by atoms with Gasteiger partial charge >= 0.3 is 5.97 Å². The summed E-state index contributed by atoms with van der Waals surface area (Å²) in [6.07, 6.45) is 0.0432. The minimum Gasteiger partial charge on any atom is -0.497 e. The second-order valence-electron chi connectivity index (χ2n) is 6.27. The van der Waals surface area contributed by atoms with E-state index in [1.807, 2.05) is 0 Å². The van der Waals surface area contributed by atoms with Crippen molar-refractivity contribution in [2.24, 2.45) is 5.92 Å². The minimum atomic E-state index is -0.614. The standard InChI is InChI=1S/C20H19ClN2O5/c1-27-17-8-4-15(5-9-17)22-18(24)12-28-20(26)13-10-19(25)23(11-13)16-6-2-14(21)3-7-16/h2-9,13H,10-12H2,1H3,(H,22,24)/t13-/m0/s1. The summed E-state index contributed by atoms with van der Waals surface area (Å²) in [4.78, 5) is 37.9. The molecule has 0 saturated carbocycles. The molecule has 1 aliphatic rings. The van der Waals surface area contributed by atoms with Gasteiger partial charge in [-0.15, -0.1) is 0 Å². The molecule has 2 amide bonds. The van der Waals surface area contributed by atoms with Gasteiger partial charge in [0, 0.05) is 29.4 Å². The lowest BCUT2D eigenvalue weighted by atomic mass is 10.1. The first-order valence-electron chi connectivity index (χ1n) is 8.62. The van der Waals surface area contributed by atoms with E-state index in [0.717, 1.165) is 0 Å². The van der Waals surface area contributed by atoms with Crippen molar-refractivity contribution < 1.29 is 23.9 Å². The molecule has 0 radical (unpaired) electrons. The van der Waals surface area contributed by atoms with Crippen molar-refractivity contribution in [3.63, 3.8) is 0 Å². The predicted octanol–water partition coefficient (Wildman–Crippen LogP) is 2.88. The fourth-order valence-corrected chi connectivity index (χ4v) is 2.99. The van der Waals surface area contributed by atoms with E-state index < -0.39 is 24.4 Å². The third-order valence-electron chi connectivity index (χ3n) is 4.32. The van der Waals surface area contributed by atoms with Gasteiger partial charge in [0.1, 0.15) is 5.75 Å². The molecule has 1 N–H and O–H groups in total. The maximum atomic E-state index is 12.2. The maximum absolute atomic E-state index is 12.2. The lowest BCUT2D eigenvalue weighted by Gasteiger charge is -2.16. The number of ether oxygens (including phenoxy) is 2. The van der Waals surface area contributed by atoms with Crippen LogP contribution in [0.1, 0.15) is 6.42 Å². The van der Waals surface area contributed by atoms with Crippen LogP contribution in [-0.4, -0.2) is 38.0 Å². The van der Waals surface area contributed by atoms with Gasteiger partial charge in [-0.1, -0.05) is 11.6 Å². The van der Waals surface area contributed by atoms with Crippen LogP contribution in [0, 0.1) is 5.92 Å². The van der Waals surface area contributed by atoms with Crippen molar-refractivity contribution >= 4 is 40.8 Å². The Morgan fingerprint density at radius 2 is 1.82 bits per heavy atom. The molecule has 0 bridgehead atoms. The largest absolute Gasteiger partial charge is 0.497 e. The number of benzene rings is 2. The predicted molar refractivity (Wildman–Crippen MR) is 104 cm³/mol. The van der Waals surface area contributed by atoms with Crippen LogP contribution in [0.4, 0.5) is 11.4 Å². The summed E-state index contributed by atoms with van der Waals surface area (Å²) in [6, 6.07) is 13.6. The Hall–Kier alpha value is -3.06. The molecule has 0 unspecified atom stereocenters. The Morgan fingerprint density at radius 1 is 1.14 bits per heavy atom. The Labute approximate surface area is 167 Å². The van der Waals surface area contributed by atoms with Gasteiger partial charge in [-0.25, -0.2) is 0 Å². The first-order valence-corrected chi connectivity index (χ1v) is 9.00. The van der Waals surface area contributed by atoms with Crippen LogP contribution in [0.5, 0.6) is 5.75 Å². The molecular weight excluding hydrogens is 384 g/mol. The summed E-state index contributed by atoms with van der Waals surface area (Å²) >= 11 is 5.86. The molecule has 2 aromatic rings. The number of anilines is 2. The molecule has 28 heavy (non-hydrogen) atoms. The molecule has 146 valence electrons. The summed E-state index contributed by atoms with van der Waals surface area (Å²) in [6.45, 7) is -0.212. The van der Waals surface area contributed by atoms with Crippen molar-refractivity contribution in [3.8, 4) is 5.75 Å².